The van der Waals surface area contributed by atoms with Crippen molar-refractivity contribution in [1.29, 1.82) is 0 Å². The van der Waals surface area contributed by atoms with Crippen LogP contribution in [0.15, 0.2) is 39.4 Å². The minimum atomic E-state index is -1.56. The molecular formula is C26H16Br4O10S4. The third kappa shape index (κ3) is 5.58. The van der Waals surface area contributed by atoms with Gasteiger partial charge in [0.05, 0.1) is 12.2 Å². The number of aromatic carboxylic acids is 4. The van der Waals surface area contributed by atoms with Crippen LogP contribution < -0.4 is 0 Å². The average molecular weight is 936 g/mol. The Hall–Kier alpha value is -1.48. The molecule has 5 rings (SSSR count). The monoisotopic (exact) mass is 932 g/mol. The molecule has 4 aromatic heterocycles. The van der Waals surface area contributed by atoms with E-state index in [-0.39, 0.29) is 37.4 Å². The van der Waals surface area contributed by atoms with Crippen molar-refractivity contribution in [1.82, 2.24) is 0 Å². The van der Waals surface area contributed by atoms with Crippen LogP contribution in [-0.4, -0.2) is 66.7 Å². The minimum Gasteiger partial charge on any atom is -0.477 e. The van der Waals surface area contributed by atoms with Gasteiger partial charge in [0, 0.05) is 41.6 Å². The van der Waals surface area contributed by atoms with Crippen molar-refractivity contribution in [3.8, 4) is 0 Å². The highest BCUT2D eigenvalue weighted by molar-refractivity contribution is 9.11. The van der Waals surface area contributed by atoms with Crippen molar-refractivity contribution in [2.24, 2.45) is 0 Å². The Balaban J connectivity index is 1.87. The van der Waals surface area contributed by atoms with Gasteiger partial charge in [0.25, 0.3) is 0 Å². The van der Waals surface area contributed by atoms with Crippen LogP contribution in [0.2, 0.25) is 0 Å². The molecule has 0 spiro atoms. The molecule has 0 amide bonds. The molecule has 0 radical (unpaired) electrons. The van der Waals surface area contributed by atoms with E-state index in [1.54, 1.807) is 21.5 Å². The summed E-state index contributed by atoms with van der Waals surface area (Å²) >= 11 is 17.3. The number of aliphatic hydroxyl groups excluding tert-OH is 2. The molecule has 1 aliphatic rings. The highest BCUT2D eigenvalue weighted by atomic mass is 79.9. The first-order chi connectivity index (χ1) is 20.7. The van der Waals surface area contributed by atoms with E-state index in [2.05, 4.69) is 63.7 Å². The number of hydrogen-bond donors (Lipinski definition) is 6. The SMILES string of the molecule is O=C(O)c1scc([C@@H]2[C@H](c3csc(C(=O)O)c3Br)[C@H](c3csc(C(=O)O)c3Br)[C@H](O)[C@H](O)[C@@H]2c2csc(C(=O)O)c2Br)c1Br. The maximum atomic E-state index is 12.1. The fourth-order valence-corrected chi connectivity index (χ4v) is 13.0. The number of halogens is 4. The second kappa shape index (κ2) is 13.0. The van der Waals surface area contributed by atoms with Gasteiger partial charge in [-0.25, -0.2) is 19.2 Å². The highest BCUT2D eigenvalue weighted by Crippen LogP contribution is 2.62. The molecule has 0 aromatic carbocycles. The van der Waals surface area contributed by atoms with Crippen LogP contribution in [0.1, 0.15) is 84.6 Å². The Kier molecular flexibility index (Phi) is 9.98. The molecule has 4 aromatic rings. The zero-order chi connectivity index (χ0) is 32.4. The minimum absolute atomic E-state index is 0.0363. The maximum Gasteiger partial charge on any atom is 0.347 e. The molecule has 0 unspecified atom stereocenters. The summed E-state index contributed by atoms with van der Waals surface area (Å²) in [6.07, 6.45) is -3.13. The van der Waals surface area contributed by atoms with Gasteiger partial charge in [-0.2, -0.15) is 0 Å². The number of thiophene rings is 4. The van der Waals surface area contributed by atoms with E-state index in [0.717, 1.165) is 45.3 Å². The second-order valence-corrected chi connectivity index (χ2v) is 16.3. The van der Waals surface area contributed by atoms with Crippen molar-refractivity contribution in [3.63, 3.8) is 0 Å². The van der Waals surface area contributed by atoms with E-state index in [1.165, 1.54) is 0 Å². The average Bonchev–Trinajstić information content (AvgIpc) is 3.71. The largest absolute Gasteiger partial charge is 0.477 e. The van der Waals surface area contributed by atoms with E-state index < -0.39 is 59.8 Å². The lowest BCUT2D eigenvalue weighted by molar-refractivity contribution is -0.0518. The highest BCUT2D eigenvalue weighted by Gasteiger charge is 2.55. The molecule has 1 aliphatic carbocycles. The summed E-state index contributed by atoms with van der Waals surface area (Å²) in [6.45, 7) is 0. The third-order valence-corrected chi connectivity index (χ3v) is 15.9. The fraction of sp³-hybridized carbons (Fsp3) is 0.231. The zero-order valence-corrected chi connectivity index (χ0v) is 30.8. The second-order valence-electron chi connectivity index (χ2n) is 9.64. The van der Waals surface area contributed by atoms with Gasteiger partial charge >= 0.3 is 23.9 Å². The first-order valence-electron chi connectivity index (χ1n) is 12.1. The summed E-state index contributed by atoms with van der Waals surface area (Å²) < 4.78 is 0.780. The fourth-order valence-electron chi connectivity index (χ4n) is 5.73. The molecule has 18 heteroatoms. The van der Waals surface area contributed by atoms with Crippen LogP contribution in [-0.2, 0) is 0 Å². The molecule has 6 N–H and O–H groups in total. The smallest absolute Gasteiger partial charge is 0.347 e. The van der Waals surface area contributed by atoms with Crippen LogP contribution in [0.4, 0.5) is 0 Å². The maximum absolute atomic E-state index is 12.1. The summed E-state index contributed by atoms with van der Waals surface area (Å²) in [4.78, 5) is 47.9. The predicted molar refractivity (Wildman–Crippen MR) is 179 cm³/mol. The Labute approximate surface area is 297 Å². The van der Waals surface area contributed by atoms with E-state index in [4.69, 9.17) is 0 Å². The first-order valence-corrected chi connectivity index (χ1v) is 18.7. The normalized spacial score (nSPS) is 23.5. The zero-order valence-electron chi connectivity index (χ0n) is 21.2. The van der Waals surface area contributed by atoms with E-state index >= 15 is 0 Å². The van der Waals surface area contributed by atoms with Crippen LogP contribution in [0.5, 0.6) is 0 Å². The van der Waals surface area contributed by atoms with Gasteiger partial charge in [0.1, 0.15) is 19.5 Å². The Morgan fingerprint density at radius 2 is 0.659 bits per heavy atom. The van der Waals surface area contributed by atoms with Gasteiger partial charge in [-0.05, 0) is 107 Å². The Bertz CT molecular complexity index is 1690. The number of carboxylic acid groups (broad SMARTS) is 4. The molecule has 0 saturated heterocycles. The summed E-state index contributed by atoms with van der Waals surface area (Å²) in [5.41, 5.74) is 1.55. The van der Waals surface area contributed by atoms with Gasteiger partial charge in [-0.15, -0.1) is 45.3 Å². The molecule has 0 bridgehead atoms. The molecule has 10 nitrogen and oxygen atoms in total. The number of aliphatic hydroxyl groups is 2. The Morgan fingerprint density at radius 1 is 0.455 bits per heavy atom. The quantitative estimate of drug-likeness (QED) is 0.101. The molecule has 6 atom stereocenters. The number of carboxylic acids is 4. The van der Waals surface area contributed by atoms with Gasteiger partial charge in [0.15, 0.2) is 0 Å². The lowest BCUT2D eigenvalue weighted by Gasteiger charge is -2.49. The Morgan fingerprint density at radius 3 is 0.841 bits per heavy atom. The van der Waals surface area contributed by atoms with Gasteiger partial charge in [-0.3, -0.25) is 0 Å². The topological polar surface area (TPSA) is 190 Å². The molecule has 44 heavy (non-hydrogen) atoms. The summed E-state index contributed by atoms with van der Waals surface area (Å²) in [7, 11) is 0. The van der Waals surface area contributed by atoms with Crippen molar-refractivity contribution in [2.75, 3.05) is 0 Å². The lowest BCUT2D eigenvalue weighted by atomic mass is 9.57. The van der Waals surface area contributed by atoms with Gasteiger partial charge in [0.2, 0.25) is 0 Å². The molecule has 1 fully saturated rings. The summed E-state index contributed by atoms with van der Waals surface area (Å²) in [5.74, 6) is -8.71. The van der Waals surface area contributed by atoms with Crippen molar-refractivity contribution >= 4 is 133 Å². The van der Waals surface area contributed by atoms with E-state index in [9.17, 15) is 49.8 Å². The van der Waals surface area contributed by atoms with Gasteiger partial charge in [-0.1, -0.05) is 0 Å². The summed E-state index contributed by atoms with van der Waals surface area (Å²) in [5, 5.41) is 69.3. The predicted octanol–water partition coefficient (Wildman–Crippen LogP) is 7.95. The van der Waals surface area contributed by atoms with Crippen molar-refractivity contribution in [2.45, 2.75) is 35.9 Å². The van der Waals surface area contributed by atoms with Gasteiger partial charge < -0.3 is 30.6 Å². The standard InChI is InChI=1S/C26H16Br4O10S4/c27-13-5(1-41-19(13)23(33)34)9-10(6-2-42-20(14(6)28)24(35)36)12(8-4-44-22(16(8)30)26(39)40)18(32)17(31)11(9)7-3-43-21(15(7)29)25(37)38/h1-4,9-12,17-18,31-32H,(H,33,34)(H,35,36)(H,37,38)(H,39,40)/t9-,10+,11-,12+,17-,18+. The van der Waals surface area contributed by atoms with Crippen molar-refractivity contribution < 1.29 is 49.8 Å². The lowest BCUT2D eigenvalue weighted by Crippen LogP contribution is -2.48. The van der Waals surface area contributed by atoms with E-state index in [0.29, 0.717) is 22.3 Å². The van der Waals surface area contributed by atoms with E-state index in [1.807, 2.05) is 0 Å². The van der Waals surface area contributed by atoms with Crippen LogP contribution in [0.3, 0.4) is 0 Å². The summed E-state index contributed by atoms with van der Waals surface area (Å²) in [6, 6.07) is 0. The first kappa shape index (κ1) is 33.9. The number of rotatable bonds is 8. The molecular weight excluding hydrogens is 920 g/mol. The van der Waals surface area contributed by atoms with Crippen LogP contribution >= 0.6 is 109 Å². The molecule has 1 saturated carbocycles. The third-order valence-electron chi connectivity index (χ3n) is 7.49. The van der Waals surface area contributed by atoms with Crippen LogP contribution in [0.25, 0.3) is 0 Å². The number of carbonyl (C=O) groups is 4. The molecule has 0 aliphatic heterocycles. The molecule has 4 heterocycles. The molecule has 232 valence electrons. The van der Waals surface area contributed by atoms with Crippen molar-refractivity contribution in [3.05, 3.63) is 81.2 Å². The number of hydrogen-bond acceptors (Lipinski definition) is 10. The van der Waals surface area contributed by atoms with Crippen LogP contribution in [0, 0.1) is 0 Å².